The van der Waals surface area contributed by atoms with E-state index in [2.05, 4.69) is 10.6 Å². The van der Waals surface area contributed by atoms with Gasteiger partial charge in [-0.1, -0.05) is 12.1 Å². The Hall–Kier alpha value is -1.21. The smallest absolute Gasteiger partial charge is 0.222 e. The van der Waals surface area contributed by atoms with Crippen LogP contribution in [0.1, 0.15) is 24.8 Å². The van der Waals surface area contributed by atoms with Gasteiger partial charge in [-0.25, -0.2) is 4.39 Å². The van der Waals surface area contributed by atoms with Gasteiger partial charge in [0.25, 0.3) is 0 Å². The van der Waals surface area contributed by atoms with E-state index >= 15 is 0 Å². The van der Waals surface area contributed by atoms with Crippen molar-refractivity contribution in [3.63, 3.8) is 0 Å². The van der Waals surface area contributed by atoms with Crippen molar-refractivity contribution >= 4 is 18.3 Å². The van der Waals surface area contributed by atoms with E-state index in [0.717, 1.165) is 12.1 Å². The molecule has 5 nitrogen and oxygen atoms in total. The van der Waals surface area contributed by atoms with Crippen LogP contribution in [-0.2, 0) is 19.8 Å². The summed E-state index contributed by atoms with van der Waals surface area (Å²) >= 11 is 0. The fourth-order valence-electron chi connectivity index (χ4n) is 3.28. The van der Waals surface area contributed by atoms with E-state index in [1.165, 1.54) is 12.1 Å². The number of hydrogen-bond donors (Lipinski definition) is 2. The normalized spacial score (nSPS) is 23.1. The summed E-state index contributed by atoms with van der Waals surface area (Å²) in [4.78, 5) is 12.5. The quantitative estimate of drug-likeness (QED) is 0.861. The fourth-order valence-corrected chi connectivity index (χ4v) is 3.28. The average molecular weight is 359 g/mol. The lowest BCUT2D eigenvalue weighted by atomic mass is 9.82. The molecule has 0 saturated carbocycles. The molecule has 2 saturated heterocycles. The number of carbonyl (C=O) groups is 1. The third kappa shape index (κ3) is 4.66. The molecule has 0 aliphatic carbocycles. The van der Waals surface area contributed by atoms with Crippen molar-refractivity contribution in [3.8, 4) is 0 Å². The molecule has 134 valence electrons. The van der Waals surface area contributed by atoms with Crippen LogP contribution in [-0.4, -0.2) is 44.9 Å². The molecule has 1 aromatic rings. The zero-order chi connectivity index (χ0) is 16.1. The van der Waals surface area contributed by atoms with Gasteiger partial charge in [0.15, 0.2) is 0 Å². The first-order valence-corrected chi connectivity index (χ1v) is 8.14. The minimum absolute atomic E-state index is 0. The number of rotatable bonds is 4. The summed E-state index contributed by atoms with van der Waals surface area (Å²) in [6.45, 7) is 3.11. The topological polar surface area (TPSA) is 59.6 Å². The number of amides is 1. The van der Waals surface area contributed by atoms with Crippen molar-refractivity contribution in [1.82, 2.24) is 10.6 Å². The Morgan fingerprint density at radius 1 is 1.29 bits per heavy atom. The molecule has 0 aromatic heterocycles. The Labute approximate surface area is 147 Å². The highest BCUT2D eigenvalue weighted by Gasteiger charge is 2.36. The Morgan fingerprint density at radius 3 is 2.75 bits per heavy atom. The molecule has 1 amide bonds. The number of halogens is 2. The third-order valence-electron chi connectivity index (χ3n) is 4.53. The molecule has 2 fully saturated rings. The molecule has 24 heavy (non-hydrogen) atoms. The summed E-state index contributed by atoms with van der Waals surface area (Å²) < 4.78 is 24.4. The summed E-state index contributed by atoms with van der Waals surface area (Å²) in [7, 11) is 0. The molecular weight excluding hydrogens is 335 g/mol. The van der Waals surface area contributed by atoms with Gasteiger partial charge in [0.05, 0.1) is 18.8 Å². The maximum Gasteiger partial charge on any atom is 0.222 e. The Balaban J connectivity index is 0.00000208. The zero-order valence-electron chi connectivity index (χ0n) is 13.6. The molecule has 3 rings (SSSR count). The molecule has 7 heteroatoms. The lowest BCUT2D eigenvalue weighted by Crippen LogP contribution is -2.52. The summed E-state index contributed by atoms with van der Waals surface area (Å²) in [6, 6.07) is 6.52. The lowest BCUT2D eigenvalue weighted by Gasteiger charge is -2.39. The van der Waals surface area contributed by atoms with Crippen LogP contribution in [0.2, 0.25) is 0 Å². The maximum absolute atomic E-state index is 13.6. The van der Waals surface area contributed by atoms with Crippen molar-refractivity contribution in [2.45, 2.75) is 30.8 Å². The summed E-state index contributed by atoms with van der Waals surface area (Å²) in [5.41, 5.74) is 0.259. The predicted molar refractivity (Wildman–Crippen MR) is 90.7 cm³/mol. The molecule has 1 atom stereocenters. The number of nitrogens with one attached hydrogen (secondary N) is 2. The molecule has 1 aromatic carbocycles. The summed E-state index contributed by atoms with van der Waals surface area (Å²) in [5.74, 6) is -0.330. The Morgan fingerprint density at radius 2 is 2.08 bits per heavy atom. The first-order chi connectivity index (χ1) is 11.2. The molecule has 0 radical (unpaired) electrons. The number of hydrogen-bond acceptors (Lipinski definition) is 4. The van der Waals surface area contributed by atoms with E-state index in [0.29, 0.717) is 45.7 Å². The Bertz CT molecular complexity index is 546. The molecule has 0 bridgehead atoms. The molecular formula is C17H24ClFN2O3. The van der Waals surface area contributed by atoms with E-state index in [-0.39, 0.29) is 30.2 Å². The summed E-state index contributed by atoms with van der Waals surface area (Å²) in [5, 5.41) is 6.42. The third-order valence-corrected chi connectivity index (χ3v) is 4.53. The largest absolute Gasteiger partial charge is 0.381 e. The van der Waals surface area contributed by atoms with Crippen LogP contribution in [0.5, 0.6) is 0 Å². The van der Waals surface area contributed by atoms with E-state index < -0.39 is 5.54 Å². The number of ether oxygens (including phenoxy) is 2. The van der Waals surface area contributed by atoms with Gasteiger partial charge < -0.3 is 20.1 Å². The van der Waals surface area contributed by atoms with Crippen molar-refractivity contribution in [2.24, 2.45) is 0 Å². The monoisotopic (exact) mass is 358 g/mol. The van der Waals surface area contributed by atoms with Gasteiger partial charge in [-0.3, -0.25) is 4.79 Å². The molecule has 2 N–H and O–H groups in total. The first-order valence-electron chi connectivity index (χ1n) is 8.14. The minimum atomic E-state index is -0.549. The highest BCUT2D eigenvalue weighted by Crippen LogP contribution is 2.32. The zero-order valence-corrected chi connectivity index (χ0v) is 14.4. The van der Waals surface area contributed by atoms with Crippen LogP contribution >= 0.6 is 12.4 Å². The van der Waals surface area contributed by atoms with Gasteiger partial charge in [0, 0.05) is 32.2 Å². The van der Waals surface area contributed by atoms with Gasteiger partial charge in [-0.05, 0) is 30.5 Å². The second-order valence-electron chi connectivity index (χ2n) is 6.18. The molecule has 2 aliphatic rings. The lowest BCUT2D eigenvalue weighted by molar-refractivity contribution is -0.125. The van der Waals surface area contributed by atoms with Crippen molar-refractivity contribution in [3.05, 3.63) is 35.6 Å². The Kier molecular flexibility index (Phi) is 6.98. The number of carbonyl (C=O) groups excluding carboxylic acids is 1. The average Bonchev–Trinajstić information content (AvgIpc) is 2.56. The van der Waals surface area contributed by atoms with Gasteiger partial charge in [-0.15, -0.1) is 12.4 Å². The van der Waals surface area contributed by atoms with Crippen molar-refractivity contribution in [1.29, 1.82) is 0 Å². The molecule has 0 spiro atoms. The van der Waals surface area contributed by atoms with Crippen LogP contribution in [0.4, 0.5) is 4.39 Å². The van der Waals surface area contributed by atoms with Crippen molar-refractivity contribution < 1.29 is 18.7 Å². The standard InChI is InChI=1S/C17H23FN2O3.ClH/c18-14-3-1-2-13(10-14)17(4-7-22-8-5-17)20-16(21)11-15-12-23-9-6-19-15;/h1-3,10,15,19H,4-9,11-12H2,(H,20,21);1H. The van der Waals surface area contributed by atoms with Crippen LogP contribution in [0.3, 0.4) is 0 Å². The van der Waals surface area contributed by atoms with Crippen LogP contribution in [0.15, 0.2) is 24.3 Å². The fraction of sp³-hybridized carbons (Fsp3) is 0.588. The molecule has 1 unspecified atom stereocenters. The number of morpholine rings is 1. The molecule has 2 heterocycles. The first kappa shape index (κ1) is 19.1. The van der Waals surface area contributed by atoms with E-state index in [1.807, 2.05) is 6.07 Å². The van der Waals surface area contributed by atoms with E-state index in [9.17, 15) is 9.18 Å². The molecule has 2 aliphatic heterocycles. The minimum Gasteiger partial charge on any atom is -0.381 e. The van der Waals surface area contributed by atoms with Gasteiger partial charge in [0.2, 0.25) is 5.91 Å². The van der Waals surface area contributed by atoms with Gasteiger partial charge >= 0.3 is 0 Å². The second-order valence-corrected chi connectivity index (χ2v) is 6.18. The van der Waals surface area contributed by atoms with Gasteiger partial charge in [-0.2, -0.15) is 0 Å². The van der Waals surface area contributed by atoms with Crippen molar-refractivity contribution in [2.75, 3.05) is 33.0 Å². The highest BCUT2D eigenvalue weighted by atomic mass is 35.5. The van der Waals surface area contributed by atoms with E-state index in [4.69, 9.17) is 9.47 Å². The van der Waals surface area contributed by atoms with Crippen LogP contribution < -0.4 is 10.6 Å². The number of benzene rings is 1. The second kappa shape index (κ2) is 8.76. The SMILES string of the molecule is Cl.O=C(CC1COCCN1)NC1(c2cccc(F)c2)CCOCC1. The van der Waals surface area contributed by atoms with Crippen LogP contribution in [0.25, 0.3) is 0 Å². The maximum atomic E-state index is 13.6. The summed E-state index contributed by atoms with van der Waals surface area (Å²) in [6.07, 6.45) is 1.66. The predicted octanol–water partition coefficient (Wildman–Crippen LogP) is 1.75. The highest BCUT2D eigenvalue weighted by molar-refractivity contribution is 5.85. The van der Waals surface area contributed by atoms with Gasteiger partial charge in [0.1, 0.15) is 5.82 Å². The van der Waals surface area contributed by atoms with E-state index in [1.54, 1.807) is 6.07 Å². The van der Waals surface area contributed by atoms with Crippen LogP contribution in [0, 0.1) is 5.82 Å².